The summed E-state index contributed by atoms with van der Waals surface area (Å²) in [6, 6.07) is 0. The van der Waals surface area contributed by atoms with Crippen molar-refractivity contribution < 1.29 is 18.8 Å². The molecule has 0 aromatic heterocycles. The largest absolute Gasteiger partial charge is 0.490 e. The van der Waals surface area contributed by atoms with Gasteiger partial charge in [0, 0.05) is 18.6 Å². The van der Waals surface area contributed by atoms with E-state index >= 15 is 0 Å². The van der Waals surface area contributed by atoms with E-state index in [0.29, 0.717) is 0 Å². The second-order valence-corrected chi connectivity index (χ2v) is 9.38. The van der Waals surface area contributed by atoms with Gasteiger partial charge < -0.3 is 18.8 Å². The van der Waals surface area contributed by atoms with E-state index in [1.165, 1.54) is 18.3 Å². The molecule has 0 atom stereocenters. The van der Waals surface area contributed by atoms with Crippen molar-refractivity contribution in [3.05, 3.63) is 11.5 Å². The quantitative estimate of drug-likeness (QED) is 0.358. The Balaban J connectivity index is 1.97. The van der Waals surface area contributed by atoms with Gasteiger partial charge in [0.2, 0.25) is 0 Å². The first-order chi connectivity index (χ1) is 12.8. The molecule has 4 nitrogen and oxygen atoms in total. The molecule has 0 unspecified atom stereocenters. The van der Waals surface area contributed by atoms with Crippen molar-refractivity contribution in [3.8, 4) is 0 Å². The second kappa shape index (κ2) is 9.91. The van der Waals surface area contributed by atoms with Crippen LogP contribution in [0.4, 0.5) is 0 Å². The molecule has 156 valence electrons. The first kappa shape index (κ1) is 22.9. The number of hydrogen-bond donors (Lipinski definition) is 0. The summed E-state index contributed by atoms with van der Waals surface area (Å²) in [7, 11) is -0.213. The van der Waals surface area contributed by atoms with Crippen LogP contribution in [-0.4, -0.2) is 44.7 Å². The molecule has 27 heavy (non-hydrogen) atoms. The summed E-state index contributed by atoms with van der Waals surface area (Å²) in [5.41, 5.74) is 0.819. The van der Waals surface area contributed by atoms with Gasteiger partial charge in [0.05, 0.1) is 24.4 Å². The molecule has 1 aliphatic heterocycles. The van der Waals surface area contributed by atoms with E-state index < -0.39 is 0 Å². The first-order valence-electron chi connectivity index (χ1n) is 11.0. The Bertz CT molecular complexity index is 459. The van der Waals surface area contributed by atoms with Crippen LogP contribution in [0.3, 0.4) is 0 Å². The lowest BCUT2D eigenvalue weighted by Gasteiger charge is -2.36. The molecule has 0 aromatic rings. The molecule has 0 bridgehead atoms. The van der Waals surface area contributed by atoms with Crippen LogP contribution in [0.1, 0.15) is 86.5 Å². The van der Waals surface area contributed by atoms with E-state index in [1.807, 2.05) is 0 Å². The van der Waals surface area contributed by atoms with Crippen molar-refractivity contribution in [1.29, 1.82) is 0 Å². The van der Waals surface area contributed by atoms with Crippen LogP contribution in [0.2, 0.25) is 0 Å². The Hall–Kier alpha value is -0.355. The Morgan fingerprint density at radius 3 is 1.85 bits per heavy atom. The van der Waals surface area contributed by atoms with E-state index in [1.54, 1.807) is 0 Å². The van der Waals surface area contributed by atoms with Gasteiger partial charge in [0.15, 0.2) is 0 Å². The predicted octanol–water partition coefficient (Wildman–Crippen LogP) is 5.35. The van der Waals surface area contributed by atoms with Crippen LogP contribution < -0.4 is 0 Å². The summed E-state index contributed by atoms with van der Waals surface area (Å²) in [4.78, 5) is 0. The number of rotatable bonds is 11. The molecular weight excluding hydrogens is 339 g/mol. The molecule has 0 amide bonds. The highest BCUT2D eigenvalue weighted by atomic mass is 16.7. The third-order valence-corrected chi connectivity index (χ3v) is 6.40. The average molecular weight is 380 g/mol. The molecule has 0 saturated carbocycles. The molecule has 0 spiro atoms. The number of hydrogen-bond acceptors (Lipinski definition) is 4. The van der Waals surface area contributed by atoms with Gasteiger partial charge in [-0.3, -0.25) is 0 Å². The van der Waals surface area contributed by atoms with Crippen molar-refractivity contribution in [3.63, 3.8) is 0 Å². The Morgan fingerprint density at radius 1 is 0.926 bits per heavy atom. The number of ether oxygens (including phenoxy) is 2. The number of unbranched alkanes of at least 4 members (excludes halogenated alkanes) is 2. The van der Waals surface area contributed by atoms with Crippen LogP contribution in [0.25, 0.3) is 0 Å². The molecule has 5 heteroatoms. The lowest BCUT2D eigenvalue weighted by atomic mass is 9.66. The van der Waals surface area contributed by atoms with Gasteiger partial charge in [-0.2, -0.15) is 0 Å². The summed E-state index contributed by atoms with van der Waals surface area (Å²) in [5.74, 6) is 0. The molecule has 0 radical (unpaired) electrons. The summed E-state index contributed by atoms with van der Waals surface area (Å²) < 4.78 is 24.5. The maximum absolute atomic E-state index is 6.24. The molecular formula is C22H41BO4. The molecule has 0 N–H and O–H groups in total. The van der Waals surface area contributed by atoms with Gasteiger partial charge >= 0.3 is 7.12 Å². The van der Waals surface area contributed by atoms with Crippen molar-refractivity contribution in [2.45, 2.75) is 97.7 Å². The van der Waals surface area contributed by atoms with Crippen LogP contribution in [-0.2, 0) is 18.8 Å². The summed E-state index contributed by atoms with van der Waals surface area (Å²) in [5, 5.41) is 0. The van der Waals surface area contributed by atoms with E-state index in [0.717, 1.165) is 58.5 Å². The lowest BCUT2D eigenvalue weighted by Crippen LogP contribution is -2.41. The van der Waals surface area contributed by atoms with Gasteiger partial charge in [-0.1, -0.05) is 32.8 Å². The topological polar surface area (TPSA) is 36.9 Å². The predicted molar refractivity (Wildman–Crippen MR) is 112 cm³/mol. The fourth-order valence-electron chi connectivity index (χ4n) is 3.54. The summed E-state index contributed by atoms with van der Waals surface area (Å²) >= 11 is 0. The summed E-state index contributed by atoms with van der Waals surface area (Å²) in [6.45, 7) is 16.1. The van der Waals surface area contributed by atoms with Gasteiger partial charge in [0.25, 0.3) is 0 Å². The minimum Gasteiger partial charge on any atom is -0.400 e. The van der Waals surface area contributed by atoms with Gasteiger partial charge in [-0.05, 0) is 65.3 Å². The normalized spacial score (nSPS) is 23.5. The van der Waals surface area contributed by atoms with Gasteiger partial charge in [-0.25, -0.2) is 0 Å². The molecule has 2 rings (SSSR count). The fourth-order valence-corrected chi connectivity index (χ4v) is 3.54. The SMILES string of the molecule is CCCCOCC1(COCCCC)CC=C(B2OC(C)(C)C(C)(C)O2)CC1. The zero-order valence-electron chi connectivity index (χ0n) is 18.6. The molecule has 1 aliphatic carbocycles. The molecule has 2 aliphatic rings. The molecule has 1 fully saturated rings. The second-order valence-electron chi connectivity index (χ2n) is 9.38. The summed E-state index contributed by atoms with van der Waals surface area (Å²) in [6.07, 6.45) is 9.97. The van der Waals surface area contributed by atoms with E-state index in [9.17, 15) is 0 Å². The molecule has 1 heterocycles. The smallest absolute Gasteiger partial charge is 0.400 e. The monoisotopic (exact) mass is 380 g/mol. The fraction of sp³-hybridized carbons (Fsp3) is 0.909. The Morgan fingerprint density at radius 2 is 1.44 bits per heavy atom. The minimum absolute atomic E-state index is 0.0919. The zero-order chi connectivity index (χ0) is 20.0. The van der Waals surface area contributed by atoms with Crippen LogP contribution in [0.5, 0.6) is 0 Å². The van der Waals surface area contributed by atoms with Crippen LogP contribution in [0.15, 0.2) is 11.5 Å². The Labute approximate surface area is 167 Å². The van der Waals surface area contributed by atoms with E-state index in [-0.39, 0.29) is 23.7 Å². The van der Waals surface area contributed by atoms with Crippen molar-refractivity contribution in [1.82, 2.24) is 0 Å². The maximum atomic E-state index is 6.24. The van der Waals surface area contributed by atoms with Gasteiger partial charge in [0.1, 0.15) is 0 Å². The van der Waals surface area contributed by atoms with Crippen LogP contribution in [0, 0.1) is 5.41 Å². The highest BCUT2D eigenvalue weighted by Crippen LogP contribution is 2.43. The third-order valence-electron chi connectivity index (χ3n) is 6.40. The van der Waals surface area contributed by atoms with E-state index in [2.05, 4.69) is 47.6 Å². The van der Waals surface area contributed by atoms with Crippen molar-refractivity contribution in [2.24, 2.45) is 5.41 Å². The zero-order valence-corrected chi connectivity index (χ0v) is 18.6. The molecule has 0 aromatic carbocycles. The van der Waals surface area contributed by atoms with Gasteiger partial charge in [-0.15, -0.1) is 0 Å². The standard InChI is InChI=1S/C22H41BO4/c1-7-9-15-24-17-22(18-25-16-10-8-2)13-11-19(12-14-22)23-26-20(3,4)21(5,6)27-23/h11H,7-10,12-18H2,1-6H3. The first-order valence-corrected chi connectivity index (χ1v) is 11.0. The minimum atomic E-state index is -0.278. The maximum Gasteiger partial charge on any atom is 0.490 e. The number of allylic oxidation sites excluding steroid dienone is 2. The van der Waals surface area contributed by atoms with E-state index in [4.69, 9.17) is 18.8 Å². The van der Waals surface area contributed by atoms with Crippen molar-refractivity contribution in [2.75, 3.05) is 26.4 Å². The third kappa shape index (κ3) is 6.06. The molecule has 1 saturated heterocycles. The highest BCUT2D eigenvalue weighted by molar-refractivity contribution is 6.54. The van der Waals surface area contributed by atoms with Crippen LogP contribution >= 0.6 is 0 Å². The average Bonchev–Trinajstić information content (AvgIpc) is 2.84. The highest BCUT2D eigenvalue weighted by Gasteiger charge is 2.53. The van der Waals surface area contributed by atoms with Crippen molar-refractivity contribution >= 4 is 7.12 Å². The Kier molecular flexibility index (Phi) is 8.42. The lowest BCUT2D eigenvalue weighted by molar-refractivity contribution is -0.0293.